The average molecular weight is 426 g/mol. The van der Waals surface area contributed by atoms with Gasteiger partial charge in [0.1, 0.15) is 0 Å². The van der Waals surface area contributed by atoms with E-state index in [0.717, 1.165) is 0 Å². The van der Waals surface area contributed by atoms with Crippen LogP contribution in [0.4, 0.5) is 0 Å². The van der Waals surface area contributed by atoms with Crippen LogP contribution in [0.25, 0.3) is 0 Å². The van der Waals surface area contributed by atoms with Crippen LogP contribution in [0.15, 0.2) is 109 Å². The fourth-order valence-electron chi connectivity index (χ4n) is 3.68. The molecule has 0 amide bonds. The molecule has 0 aliphatic rings. The van der Waals surface area contributed by atoms with Crippen LogP contribution in [0.3, 0.4) is 0 Å². The molecule has 150 valence electrons. The summed E-state index contributed by atoms with van der Waals surface area (Å²) in [6, 6.07) is 40.6. The molecule has 4 aromatic carbocycles. The predicted octanol–water partition coefficient (Wildman–Crippen LogP) is 5.87. The van der Waals surface area contributed by atoms with Crippen LogP contribution < -0.4 is 21.2 Å². The molecular formula is C28H28P2. The Kier molecular flexibility index (Phi) is 7.11. The molecule has 0 aromatic heterocycles. The van der Waals surface area contributed by atoms with E-state index in [2.05, 4.69) is 123 Å². The summed E-state index contributed by atoms with van der Waals surface area (Å²) in [7, 11) is -0.733. The minimum atomic E-state index is -0.367. The lowest BCUT2D eigenvalue weighted by Gasteiger charge is -2.24. The maximum atomic E-state index is 2.34. The van der Waals surface area contributed by atoms with Crippen molar-refractivity contribution in [2.24, 2.45) is 0 Å². The summed E-state index contributed by atoms with van der Waals surface area (Å²) in [5.41, 5.74) is 2.65. The third-order valence-electron chi connectivity index (χ3n) is 5.37. The molecule has 0 aliphatic heterocycles. The first-order chi connectivity index (χ1) is 14.7. The molecule has 0 heterocycles. The van der Waals surface area contributed by atoms with Gasteiger partial charge in [0, 0.05) is 0 Å². The molecule has 2 heteroatoms. The van der Waals surface area contributed by atoms with Crippen molar-refractivity contribution in [2.75, 3.05) is 12.3 Å². The highest BCUT2D eigenvalue weighted by atomic mass is 31.1. The van der Waals surface area contributed by atoms with E-state index in [4.69, 9.17) is 0 Å². The van der Waals surface area contributed by atoms with Crippen molar-refractivity contribution in [3.05, 3.63) is 120 Å². The van der Waals surface area contributed by atoms with E-state index in [1.165, 1.54) is 44.7 Å². The van der Waals surface area contributed by atoms with Gasteiger partial charge in [0.25, 0.3) is 0 Å². The maximum Gasteiger partial charge on any atom is -0.0195 e. The van der Waals surface area contributed by atoms with Crippen LogP contribution in [0.2, 0.25) is 0 Å². The molecule has 0 radical (unpaired) electrons. The lowest BCUT2D eigenvalue weighted by molar-refractivity contribution is 1.47. The lowest BCUT2D eigenvalue weighted by atomic mass is 10.2. The lowest BCUT2D eigenvalue weighted by Crippen LogP contribution is -2.20. The van der Waals surface area contributed by atoms with Crippen LogP contribution in [-0.4, -0.2) is 12.3 Å². The summed E-state index contributed by atoms with van der Waals surface area (Å²) >= 11 is 0. The monoisotopic (exact) mass is 426 g/mol. The molecule has 0 saturated heterocycles. The second-order valence-electron chi connectivity index (χ2n) is 7.65. The zero-order valence-corrected chi connectivity index (χ0v) is 19.5. The van der Waals surface area contributed by atoms with E-state index < -0.39 is 0 Å². The van der Waals surface area contributed by atoms with Gasteiger partial charge < -0.3 is 0 Å². The third-order valence-corrected chi connectivity index (χ3v) is 10.8. The fourth-order valence-corrected chi connectivity index (χ4v) is 8.99. The Bertz CT molecular complexity index is 950. The molecular weight excluding hydrogens is 398 g/mol. The van der Waals surface area contributed by atoms with Gasteiger partial charge >= 0.3 is 0 Å². The van der Waals surface area contributed by atoms with Crippen molar-refractivity contribution < 1.29 is 0 Å². The molecule has 0 aliphatic carbocycles. The van der Waals surface area contributed by atoms with Crippen molar-refractivity contribution in [3.63, 3.8) is 0 Å². The van der Waals surface area contributed by atoms with Crippen molar-refractivity contribution in [2.45, 2.75) is 13.8 Å². The normalized spacial score (nSPS) is 13.0. The second-order valence-corrected chi connectivity index (χ2v) is 12.3. The minimum Gasteiger partial charge on any atom is -0.0622 e. The van der Waals surface area contributed by atoms with Crippen molar-refractivity contribution >= 4 is 37.1 Å². The molecule has 0 nitrogen and oxygen atoms in total. The van der Waals surface area contributed by atoms with Gasteiger partial charge in [0.15, 0.2) is 0 Å². The van der Waals surface area contributed by atoms with E-state index in [1.807, 2.05) is 0 Å². The first kappa shape index (κ1) is 21.0. The number of hydrogen-bond acceptors (Lipinski definition) is 0. The summed E-state index contributed by atoms with van der Waals surface area (Å²) in [5, 5.41) is 5.91. The van der Waals surface area contributed by atoms with Crippen LogP contribution in [0.1, 0.15) is 11.1 Å². The number of rotatable bonds is 7. The fraction of sp³-hybridized carbons (Fsp3) is 0.143. The second kappa shape index (κ2) is 10.2. The van der Waals surface area contributed by atoms with Gasteiger partial charge in [0.05, 0.1) is 0 Å². The van der Waals surface area contributed by atoms with Gasteiger partial charge in [0.2, 0.25) is 0 Å². The van der Waals surface area contributed by atoms with Gasteiger partial charge in [-0.3, -0.25) is 0 Å². The quantitative estimate of drug-likeness (QED) is 0.324. The number of benzene rings is 4. The van der Waals surface area contributed by atoms with Gasteiger partial charge in [-0.05, 0) is 63.2 Å². The molecule has 0 N–H and O–H groups in total. The molecule has 0 saturated carbocycles. The predicted molar refractivity (Wildman–Crippen MR) is 137 cm³/mol. The van der Waals surface area contributed by atoms with Gasteiger partial charge in [-0.2, -0.15) is 0 Å². The van der Waals surface area contributed by atoms with Gasteiger partial charge in [-0.25, -0.2) is 0 Å². The Hall–Kier alpha value is -2.26. The van der Waals surface area contributed by atoms with Crippen LogP contribution in [-0.2, 0) is 0 Å². The highest BCUT2D eigenvalue weighted by Gasteiger charge is 2.19. The molecule has 0 fully saturated rings. The van der Waals surface area contributed by atoms with Gasteiger partial charge in [-0.1, -0.05) is 120 Å². The largest absolute Gasteiger partial charge is 0.0622 e. The molecule has 30 heavy (non-hydrogen) atoms. The molecule has 2 unspecified atom stereocenters. The summed E-state index contributed by atoms with van der Waals surface area (Å²) in [6.07, 6.45) is 2.41. The van der Waals surface area contributed by atoms with Crippen molar-refractivity contribution in [3.8, 4) is 0 Å². The van der Waals surface area contributed by atoms with E-state index in [-0.39, 0.29) is 15.8 Å². The Morgan fingerprint density at radius 3 is 1.03 bits per heavy atom. The van der Waals surface area contributed by atoms with Crippen LogP contribution >= 0.6 is 15.8 Å². The zero-order chi connectivity index (χ0) is 20.8. The van der Waals surface area contributed by atoms with Gasteiger partial charge in [-0.15, -0.1) is 0 Å². The summed E-state index contributed by atoms with van der Waals surface area (Å²) in [6.45, 7) is 4.33. The van der Waals surface area contributed by atoms with Crippen LogP contribution in [0.5, 0.6) is 0 Å². The summed E-state index contributed by atoms with van der Waals surface area (Å²) < 4.78 is 0. The number of aryl methyl sites for hydroxylation is 2. The van der Waals surface area contributed by atoms with E-state index >= 15 is 0 Å². The topological polar surface area (TPSA) is 0 Å². The minimum absolute atomic E-state index is 0.367. The maximum absolute atomic E-state index is 2.34. The van der Waals surface area contributed by atoms with E-state index in [1.54, 1.807) is 0 Å². The Balaban J connectivity index is 1.65. The summed E-state index contributed by atoms with van der Waals surface area (Å²) in [4.78, 5) is 0. The molecule has 4 aromatic rings. The Morgan fingerprint density at radius 2 is 0.700 bits per heavy atom. The molecule has 2 atom stereocenters. The first-order valence-electron chi connectivity index (χ1n) is 10.5. The highest BCUT2D eigenvalue weighted by Crippen LogP contribution is 2.41. The summed E-state index contributed by atoms with van der Waals surface area (Å²) in [5.74, 6) is 0. The standard InChI is InChI=1S/C28H28P2/c1-23-13-17-27(18-14-23)29(25-9-5-3-6-10-25)21-22-30(26-11-7-4-8-12-26)28-19-15-24(2)16-20-28/h3-20H,21-22H2,1-2H3. The van der Waals surface area contributed by atoms with E-state index in [9.17, 15) is 0 Å². The molecule has 0 spiro atoms. The third kappa shape index (κ3) is 5.26. The molecule has 0 bridgehead atoms. The highest BCUT2D eigenvalue weighted by molar-refractivity contribution is 7.76. The van der Waals surface area contributed by atoms with Crippen LogP contribution in [0, 0.1) is 13.8 Å². The number of hydrogen-bond donors (Lipinski definition) is 0. The van der Waals surface area contributed by atoms with Crippen molar-refractivity contribution in [1.82, 2.24) is 0 Å². The van der Waals surface area contributed by atoms with E-state index in [0.29, 0.717) is 0 Å². The smallest absolute Gasteiger partial charge is 0.0195 e. The Labute approximate surface area is 183 Å². The Morgan fingerprint density at radius 1 is 0.400 bits per heavy atom. The zero-order valence-electron chi connectivity index (χ0n) is 17.7. The first-order valence-corrected chi connectivity index (χ1v) is 13.5. The average Bonchev–Trinajstić information content (AvgIpc) is 2.80. The SMILES string of the molecule is Cc1ccc(P(CCP(c2ccccc2)c2ccc(C)cc2)c2ccccc2)cc1. The van der Waals surface area contributed by atoms with Crippen molar-refractivity contribution in [1.29, 1.82) is 0 Å². The molecule has 4 rings (SSSR count).